The quantitative estimate of drug-likeness (QED) is 0.793. The van der Waals surface area contributed by atoms with Crippen LogP contribution in [0.3, 0.4) is 0 Å². The lowest BCUT2D eigenvalue weighted by atomic mass is 9.66. The summed E-state index contributed by atoms with van der Waals surface area (Å²) in [5.41, 5.74) is 0.00598. The van der Waals surface area contributed by atoms with Gasteiger partial charge in [0.05, 0.1) is 0 Å². The van der Waals surface area contributed by atoms with Crippen LogP contribution in [0.1, 0.15) is 39.0 Å². The summed E-state index contributed by atoms with van der Waals surface area (Å²) < 4.78 is 0. The van der Waals surface area contributed by atoms with Crippen LogP contribution in [-0.2, 0) is 4.79 Å². The number of carbonyl (C=O) groups excluding carboxylic acids is 1. The van der Waals surface area contributed by atoms with Gasteiger partial charge in [-0.05, 0) is 44.7 Å². The minimum absolute atomic E-state index is 0. The standard InChI is InChI=1S/C12H22N2O.ClH/c1-2-12(5-3-6-12)11(15)14-9-10-4-7-13-8-10;/h10,13H,2-9H2,1H3,(H,14,15);1H. The van der Waals surface area contributed by atoms with E-state index < -0.39 is 0 Å². The molecule has 2 N–H and O–H groups in total. The maximum Gasteiger partial charge on any atom is 0.226 e. The van der Waals surface area contributed by atoms with Gasteiger partial charge in [-0.15, -0.1) is 12.4 Å². The number of rotatable bonds is 4. The Kier molecular flexibility index (Phi) is 5.06. The van der Waals surface area contributed by atoms with Crippen LogP contribution in [0.25, 0.3) is 0 Å². The molecule has 1 saturated carbocycles. The highest BCUT2D eigenvalue weighted by Gasteiger charge is 2.42. The molecule has 0 aromatic carbocycles. The Bertz CT molecular complexity index is 230. The van der Waals surface area contributed by atoms with Gasteiger partial charge in [0.25, 0.3) is 0 Å². The number of hydrogen-bond acceptors (Lipinski definition) is 2. The number of amides is 1. The third-order valence-electron chi connectivity index (χ3n) is 4.18. The molecule has 1 atom stereocenters. The van der Waals surface area contributed by atoms with Crippen molar-refractivity contribution in [3.8, 4) is 0 Å². The van der Waals surface area contributed by atoms with Gasteiger partial charge in [0, 0.05) is 12.0 Å². The van der Waals surface area contributed by atoms with Crippen LogP contribution >= 0.6 is 12.4 Å². The molecule has 2 rings (SSSR count). The second-order valence-corrected chi connectivity index (χ2v) is 5.06. The summed E-state index contributed by atoms with van der Waals surface area (Å²) >= 11 is 0. The molecule has 2 aliphatic rings. The average Bonchev–Trinajstić information content (AvgIpc) is 2.66. The van der Waals surface area contributed by atoms with Crippen molar-refractivity contribution in [1.29, 1.82) is 0 Å². The summed E-state index contributed by atoms with van der Waals surface area (Å²) in [6.07, 6.45) is 5.63. The van der Waals surface area contributed by atoms with Crippen LogP contribution in [-0.4, -0.2) is 25.5 Å². The van der Waals surface area contributed by atoms with E-state index in [0.717, 1.165) is 38.9 Å². The molecule has 1 aliphatic carbocycles. The summed E-state index contributed by atoms with van der Waals surface area (Å²) in [4.78, 5) is 12.0. The summed E-state index contributed by atoms with van der Waals surface area (Å²) in [5.74, 6) is 0.964. The van der Waals surface area contributed by atoms with Crippen molar-refractivity contribution in [3.63, 3.8) is 0 Å². The van der Waals surface area contributed by atoms with Gasteiger partial charge in [0.15, 0.2) is 0 Å². The lowest BCUT2D eigenvalue weighted by Gasteiger charge is -2.39. The molecule has 0 aromatic heterocycles. The highest BCUT2D eigenvalue weighted by Crippen LogP contribution is 2.43. The molecular formula is C12H23ClN2O. The van der Waals surface area contributed by atoms with Gasteiger partial charge in [-0.25, -0.2) is 0 Å². The molecule has 1 aliphatic heterocycles. The van der Waals surface area contributed by atoms with Gasteiger partial charge in [0.2, 0.25) is 5.91 Å². The van der Waals surface area contributed by atoms with Crippen LogP contribution in [0.2, 0.25) is 0 Å². The van der Waals surface area contributed by atoms with Gasteiger partial charge in [-0.1, -0.05) is 13.3 Å². The van der Waals surface area contributed by atoms with Crippen LogP contribution < -0.4 is 10.6 Å². The molecule has 94 valence electrons. The Labute approximate surface area is 104 Å². The second kappa shape index (κ2) is 5.87. The number of halogens is 1. The second-order valence-electron chi connectivity index (χ2n) is 5.06. The van der Waals surface area contributed by atoms with E-state index in [1.54, 1.807) is 0 Å². The normalized spacial score (nSPS) is 26.7. The first-order chi connectivity index (χ1) is 7.27. The van der Waals surface area contributed by atoms with Gasteiger partial charge >= 0.3 is 0 Å². The predicted molar refractivity (Wildman–Crippen MR) is 67.8 cm³/mol. The predicted octanol–water partition coefficient (Wildman–Crippen LogP) is 1.71. The molecular weight excluding hydrogens is 224 g/mol. The Morgan fingerprint density at radius 2 is 2.25 bits per heavy atom. The van der Waals surface area contributed by atoms with Crippen molar-refractivity contribution in [1.82, 2.24) is 10.6 Å². The van der Waals surface area contributed by atoms with Crippen LogP contribution in [0.15, 0.2) is 0 Å². The molecule has 1 unspecified atom stereocenters. The molecule has 1 amide bonds. The third kappa shape index (κ3) is 2.69. The largest absolute Gasteiger partial charge is 0.355 e. The topological polar surface area (TPSA) is 41.1 Å². The summed E-state index contributed by atoms with van der Waals surface area (Å²) in [7, 11) is 0. The Hall–Kier alpha value is -0.280. The first-order valence-electron chi connectivity index (χ1n) is 6.26. The van der Waals surface area contributed by atoms with E-state index in [4.69, 9.17) is 0 Å². The fourth-order valence-corrected chi connectivity index (χ4v) is 2.66. The molecule has 3 nitrogen and oxygen atoms in total. The van der Waals surface area contributed by atoms with Crippen molar-refractivity contribution in [3.05, 3.63) is 0 Å². The van der Waals surface area contributed by atoms with Crippen LogP contribution in [0.4, 0.5) is 0 Å². The van der Waals surface area contributed by atoms with Gasteiger partial charge in [0.1, 0.15) is 0 Å². The van der Waals surface area contributed by atoms with E-state index in [0.29, 0.717) is 11.8 Å². The molecule has 0 aromatic rings. The lowest BCUT2D eigenvalue weighted by Crippen LogP contribution is -2.46. The van der Waals surface area contributed by atoms with Crippen molar-refractivity contribution < 1.29 is 4.79 Å². The van der Waals surface area contributed by atoms with E-state index in [-0.39, 0.29) is 17.8 Å². The fourth-order valence-electron chi connectivity index (χ4n) is 2.66. The van der Waals surface area contributed by atoms with Gasteiger partial charge < -0.3 is 10.6 Å². The zero-order valence-electron chi connectivity index (χ0n) is 10.1. The molecule has 1 heterocycles. The minimum Gasteiger partial charge on any atom is -0.355 e. The van der Waals surface area contributed by atoms with Crippen LogP contribution in [0, 0.1) is 11.3 Å². The van der Waals surface area contributed by atoms with Gasteiger partial charge in [-0.2, -0.15) is 0 Å². The van der Waals surface area contributed by atoms with E-state index in [9.17, 15) is 4.79 Å². The summed E-state index contributed by atoms with van der Waals surface area (Å²) in [6, 6.07) is 0. The molecule has 1 saturated heterocycles. The first-order valence-corrected chi connectivity index (χ1v) is 6.26. The molecule has 2 fully saturated rings. The highest BCUT2D eigenvalue weighted by atomic mass is 35.5. The molecule has 0 bridgehead atoms. The monoisotopic (exact) mass is 246 g/mol. The zero-order valence-corrected chi connectivity index (χ0v) is 10.9. The Morgan fingerprint density at radius 3 is 2.69 bits per heavy atom. The Balaban J connectivity index is 0.00000128. The SMILES string of the molecule is CCC1(C(=O)NCC2CCNC2)CCC1.Cl. The minimum atomic E-state index is 0. The van der Waals surface area contributed by atoms with E-state index >= 15 is 0 Å². The van der Waals surface area contributed by atoms with Crippen molar-refractivity contribution in [2.75, 3.05) is 19.6 Å². The van der Waals surface area contributed by atoms with Gasteiger partial charge in [-0.3, -0.25) is 4.79 Å². The summed E-state index contributed by atoms with van der Waals surface area (Å²) in [6.45, 7) is 5.18. The maximum absolute atomic E-state index is 12.0. The van der Waals surface area contributed by atoms with Crippen LogP contribution in [0.5, 0.6) is 0 Å². The highest BCUT2D eigenvalue weighted by molar-refractivity contribution is 5.85. The first kappa shape index (κ1) is 13.8. The van der Waals surface area contributed by atoms with Crippen molar-refractivity contribution in [2.24, 2.45) is 11.3 Å². The maximum atomic E-state index is 12.0. The fraction of sp³-hybridized carbons (Fsp3) is 0.917. The number of carbonyl (C=O) groups is 1. The third-order valence-corrected chi connectivity index (χ3v) is 4.18. The number of nitrogens with one attached hydrogen (secondary N) is 2. The molecule has 0 radical (unpaired) electrons. The number of hydrogen-bond donors (Lipinski definition) is 2. The lowest BCUT2D eigenvalue weighted by molar-refractivity contribution is -0.136. The molecule has 16 heavy (non-hydrogen) atoms. The zero-order chi connectivity index (χ0) is 10.7. The smallest absolute Gasteiger partial charge is 0.226 e. The molecule has 0 spiro atoms. The van der Waals surface area contributed by atoms with Crippen molar-refractivity contribution in [2.45, 2.75) is 39.0 Å². The average molecular weight is 247 g/mol. The van der Waals surface area contributed by atoms with E-state index in [1.165, 1.54) is 12.8 Å². The van der Waals surface area contributed by atoms with E-state index in [1.807, 2.05) is 0 Å². The summed E-state index contributed by atoms with van der Waals surface area (Å²) in [5, 5.41) is 6.46. The van der Waals surface area contributed by atoms with Crippen molar-refractivity contribution >= 4 is 18.3 Å². The molecule has 4 heteroatoms. The van der Waals surface area contributed by atoms with E-state index in [2.05, 4.69) is 17.6 Å². The Morgan fingerprint density at radius 1 is 1.50 bits per heavy atom.